The number of rotatable bonds is 5. The molecule has 6 heteroatoms. The highest BCUT2D eigenvalue weighted by Crippen LogP contribution is 2.25. The van der Waals surface area contributed by atoms with Gasteiger partial charge >= 0.3 is 0 Å². The van der Waals surface area contributed by atoms with Crippen molar-refractivity contribution in [3.8, 4) is 0 Å². The van der Waals surface area contributed by atoms with Crippen LogP contribution in [0.25, 0.3) is 11.0 Å². The Morgan fingerprint density at radius 2 is 2.08 bits per heavy atom. The fraction of sp³-hybridized carbons (Fsp3) is 0.167. The molecule has 124 valence electrons. The largest absolute Gasteiger partial charge is 0.458 e. The van der Waals surface area contributed by atoms with E-state index in [-0.39, 0.29) is 17.1 Å². The zero-order valence-corrected chi connectivity index (χ0v) is 13.6. The van der Waals surface area contributed by atoms with E-state index in [4.69, 9.17) is 20.8 Å². The average molecular weight is 348 g/mol. The smallest absolute Gasteiger partial charge is 0.255 e. The van der Waals surface area contributed by atoms with Gasteiger partial charge in [-0.15, -0.1) is 0 Å². The maximum atomic E-state index is 13.8. The number of carbonyl (C=O) groups excluding carboxylic acids is 1. The molecule has 2 aromatic carbocycles. The molecule has 3 aromatic rings. The summed E-state index contributed by atoms with van der Waals surface area (Å²) in [5.41, 5.74) is 0.552. The van der Waals surface area contributed by atoms with Crippen molar-refractivity contribution in [1.29, 1.82) is 0 Å². The Morgan fingerprint density at radius 1 is 1.29 bits per heavy atom. The molecule has 0 saturated carbocycles. The van der Waals surface area contributed by atoms with E-state index in [2.05, 4.69) is 5.32 Å². The molecule has 1 heterocycles. The summed E-state index contributed by atoms with van der Waals surface area (Å²) in [4.78, 5) is 12.2. The molecule has 4 nitrogen and oxygen atoms in total. The van der Waals surface area contributed by atoms with E-state index in [9.17, 15) is 9.18 Å². The van der Waals surface area contributed by atoms with Crippen LogP contribution in [0.15, 0.2) is 52.9 Å². The van der Waals surface area contributed by atoms with Gasteiger partial charge < -0.3 is 14.5 Å². The van der Waals surface area contributed by atoms with Gasteiger partial charge in [-0.1, -0.05) is 35.9 Å². The average Bonchev–Trinajstić information content (AvgIpc) is 2.99. The molecule has 1 N–H and O–H groups in total. The molecule has 0 aliphatic rings. The first kappa shape index (κ1) is 16.5. The monoisotopic (exact) mass is 347 g/mol. The second-order valence-electron chi connectivity index (χ2n) is 5.22. The van der Waals surface area contributed by atoms with Crippen molar-refractivity contribution in [2.45, 2.75) is 6.10 Å². The highest BCUT2D eigenvalue weighted by molar-refractivity contribution is 6.33. The van der Waals surface area contributed by atoms with E-state index < -0.39 is 17.8 Å². The fourth-order valence-corrected chi connectivity index (χ4v) is 2.70. The highest BCUT2D eigenvalue weighted by atomic mass is 35.5. The van der Waals surface area contributed by atoms with Crippen molar-refractivity contribution in [2.24, 2.45) is 0 Å². The second kappa shape index (κ2) is 7.03. The lowest BCUT2D eigenvalue weighted by Crippen LogP contribution is -2.29. The van der Waals surface area contributed by atoms with Gasteiger partial charge in [-0.3, -0.25) is 4.79 Å². The lowest BCUT2D eigenvalue weighted by atomic mass is 10.2. The SMILES string of the molecule is CO[C@@H](CNC(=O)c1c(F)cccc1Cl)c1cc2ccccc2o1. The number of carbonyl (C=O) groups is 1. The molecular weight excluding hydrogens is 333 g/mol. The first-order valence-corrected chi connectivity index (χ1v) is 7.71. The molecule has 1 amide bonds. The third kappa shape index (κ3) is 3.27. The summed E-state index contributed by atoms with van der Waals surface area (Å²) in [7, 11) is 1.51. The molecule has 24 heavy (non-hydrogen) atoms. The van der Waals surface area contributed by atoms with E-state index in [1.807, 2.05) is 30.3 Å². The number of nitrogens with one attached hydrogen (secondary N) is 1. The third-order valence-corrected chi connectivity index (χ3v) is 4.00. The molecule has 1 atom stereocenters. The molecular formula is C18H15ClFNO3. The van der Waals surface area contributed by atoms with Crippen LogP contribution in [0.1, 0.15) is 22.2 Å². The van der Waals surface area contributed by atoms with Crippen LogP contribution in [0.3, 0.4) is 0 Å². The van der Waals surface area contributed by atoms with Crippen molar-refractivity contribution in [3.63, 3.8) is 0 Å². The molecule has 0 unspecified atom stereocenters. The van der Waals surface area contributed by atoms with Crippen LogP contribution >= 0.6 is 11.6 Å². The van der Waals surface area contributed by atoms with Crippen LogP contribution in [0.4, 0.5) is 4.39 Å². The molecule has 0 saturated heterocycles. The van der Waals surface area contributed by atoms with Crippen LogP contribution in [-0.4, -0.2) is 19.6 Å². The van der Waals surface area contributed by atoms with Gasteiger partial charge in [0.15, 0.2) is 0 Å². The molecule has 0 fully saturated rings. The minimum Gasteiger partial charge on any atom is -0.458 e. The summed E-state index contributed by atoms with van der Waals surface area (Å²) in [6.07, 6.45) is -0.494. The Kier molecular flexibility index (Phi) is 4.83. The van der Waals surface area contributed by atoms with Gasteiger partial charge in [0.1, 0.15) is 23.3 Å². The lowest BCUT2D eigenvalue weighted by molar-refractivity contribution is 0.0745. The first-order chi connectivity index (χ1) is 11.6. The number of para-hydroxylation sites is 1. The molecule has 0 aliphatic carbocycles. The van der Waals surface area contributed by atoms with Gasteiger partial charge in [0.2, 0.25) is 0 Å². The van der Waals surface area contributed by atoms with Gasteiger partial charge in [0.25, 0.3) is 5.91 Å². The zero-order chi connectivity index (χ0) is 17.1. The van der Waals surface area contributed by atoms with Crippen LogP contribution in [-0.2, 0) is 4.74 Å². The van der Waals surface area contributed by atoms with Crippen LogP contribution in [0.5, 0.6) is 0 Å². The standard InChI is InChI=1S/C18H15ClFNO3/c1-23-16(15-9-11-5-2-3-8-14(11)24-15)10-21-18(22)17-12(19)6-4-7-13(17)20/h2-9,16H,10H2,1H3,(H,21,22)/t16-/m0/s1. The Balaban J connectivity index is 1.75. The van der Waals surface area contributed by atoms with Crippen LogP contribution in [0, 0.1) is 5.82 Å². The Hall–Kier alpha value is -2.37. The van der Waals surface area contributed by atoms with Gasteiger partial charge in [0, 0.05) is 12.5 Å². The quantitative estimate of drug-likeness (QED) is 0.746. The maximum Gasteiger partial charge on any atom is 0.255 e. The topological polar surface area (TPSA) is 51.5 Å². The van der Waals surface area contributed by atoms with Gasteiger partial charge in [-0.25, -0.2) is 4.39 Å². The van der Waals surface area contributed by atoms with E-state index in [0.29, 0.717) is 5.76 Å². The van der Waals surface area contributed by atoms with E-state index in [0.717, 1.165) is 11.0 Å². The zero-order valence-electron chi connectivity index (χ0n) is 12.9. The summed E-state index contributed by atoms with van der Waals surface area (Å²) in [6, 6.07) is 13.5. The minimum atomic E-state index is -0.669. The minimum absolute atomic E-state index is 0.0604. The number of halogens is 2. The normalized spacial score (nSPS) is 12.3. The summed E-state index contributed by atoms with van der Waals surface area (Å²) in [5, 5.41) is 3.63. The Bertz CT molecular complexity index is 824. The third-order valence-electron chi connectivity index (χ3n) is 3.68. The van der Waals surface area contributed by atoms with Gasteiger partial charge in [-0.05, 0) is 24.3 Å². The fourth-order valence-electron chi connectivity index (χ4n) is 2.45. The van der Waals surface area contributed by atoms with Crippen molar-refractivity contribution < 1.29 is 18.3 Å². The Morgan fingerprint density at radius 3 is 2.79 bits per heavy atom. The highest BCUT2D eigenvalue weighted by Gasteiger charge is 2.20. The number of amides is 1. The van der Waals surface area contributed by atoms with Crippen LogP contribution < -0.4 is 5.32 Å². The number of fused-ring (bicyclic) bond motifs is 1. The van der Waals surface area contributed by atoms with Crippen molar-refractivity contribution >= 4 is 28.5 Å². The van der Waals surface area contributed by atoms with Gasteiger partial charge in [0.05, 0.1) is 17.1 Å². The summed E-state index contributed by atoms with van der Waals surface area (Å²) < 4.78 is 24.9. The van der Waals surface area contributed by atoms with E-state index in [1.54, 1.807) is 0 Å². The summed E-state index contributed by atoms with van der Waals surface area (Å²) >= 11 is 5.89. The molecule has 3 rings (SSSR count). The number of ether oxygens (including phenoxy) is 1. The second-order valence-corrected chi connectivity index (χ2v) is 5.62. The molecule has 0 bridgehead atoms. The van der Waals surface area contributed by atoms with Crippen molar-refractivity contribution in [2.75, 3.05) is 13.7 Å². The van der Waals surface area contributed by atoms with E-state index >= 15 is 0 Å². The predicted molar refractivity (Wildman–Crippen MR) is 89.7 cm³/mol. The first-order valence-electron chi connectivity index (χ1n) is 7.33. The Labute approximate surface area is 143 Å². The van der Waals surface area contributed by atoms with Crippen molar-refractivity contribution in [3.05, 3.63) is 70.7 Å². The number of hydrogen-bond donors (Lipinski definition) is 1. The molecule has 0 spiro atoms. The predicted octanol–water partition coefficient (Wildman–Crippen LogP) is 4.34. The summed E-state index contributed by atoms with van der Waals surface area (Å²) in [6.45, 7) is 0.125. The lowest BCUT2D eigenvalue weighted by Gasteiger charge is -2.14. The van der Waals surface area contributed by atoms with Crippen LogP contribution in [0.2, 0.25) is 5.02 Å². The maximum absolute atomic E-state index is 13.8. The number of methoxy groups -OCH3 is 1. The van der Waals surface area contributed by atoms with Gasteiger partial charge in [-0.2, -0.15) is 0 Å². The number of hydrogen-bond acceptors (Lipinski definition) is 3. The number of furan rings is 1. The van der Waals surface area contributed by atoms with Crippen molar-refractivity contribution in [1.82, 2.24) is 5.32 Å². The van der Waals surface area contributed by atoms with E-state index in [1.165, 1.54) is 25.3 Å². The molecule has 0 radical (unpaired) electrons. The molecule has 0 aliphatic heterocycles. The molecule has 1 aromatic heterocycles. The number of benzene rings is 2. The summed E-state index contributed by atoms with van der Waals surface area (Å²) in [5.74, 6) is -0.687.